The lowest BCUT2D eigenvalue weighted by Gasteiger charge is -2.18. The minimum atomic E-state index is 0.347. The first-order valence-corrected chi connectivity index (χ1v) is 9.64. The summed E-state index contributed by atoms with van der Waals surface area (Å²) in [6.45, 7) is 3.52. The number of aromatic amines is 1. The van der Waals surface area contributed by atoms with E-state index in [0.717, 1.165) is 60.4 Å². The monoisotopic (exact) mass is 377 g/mol. The molecule has 0 amide bonds. The Morgan fingerprint density at radius 3 is 2.82 bits per heavy atom. The lowest BCUT2D eigenvalue weighted by atomic mass is 10.00. The van der Waals surface area contributed by atoms with Crippen molar-refractivity contribution in [2.24, 2.45) is 7.05 Å². The van der Waals surface area contributed by atoms with Gasteiger partial charge in [0.2, 0.25) is 0 Å². The van der Waals surface area contributed by atoms with E-state index in [2.05, 4.69) is 33.3 Å². The van der Waals surface area contributed by atoms with Gasteiger partial charge in [0.15, 0.2) is 11.6 Å². The van der Waals surface area contributed by atoms with Crippen molar-refractivity contribution in [2.45, 2.75) is 32.1 Å². The van der Waals surface area contributed by atoms with Crippen LogP contribution in [0, 0.1) is 6.92 Å². The maximum absolute atomic E-state index is 5.50. The van der Waals surface area contributed by atoms with Gasteiger partial charge in [0.05, 0.1) is 17.2 Å². The molecule has 5 rings (SSSR count). The standard InChI is InChI=1S/C20H23N7O/c1-13-22-16-4-3-14(11-17(16)23-13)12-18-24-20(15-6-9-28-10-7-15)25-27(18)19-5-8-21-26(19)2/h3-5,8,11,15H,6-7,9-10,12H2,1-2H3,(H,22,23). The molecule has 0 aliphatic carbocycles. The molecular formula is C20H23N7O. The van der Waals surface area contributed by atoms with Gasteiger partial charge in [-0.15, -0.1) is 5.10 Å². The Hall–Kier alpha value is -3.00. The van der Waals surface area contributed by atoms with Crippen molar-refractivity contribution >= 4 is 11.0 Å². The molecule has 144 valence electrons. The zero-order chi connectivity index (χ0) is 19.1. The first kappa shape index (κ1) is 17.1. The normalized spacial score (nSPS) is 15.5. The molecule has 0 radical (unpaired) electrons. The molecule has 1 saturated heterocycles. The van der Waals surface area contributed by atoms with Crippen molar-refractivity contribution in [1.29, 1.82) is 0 Å². The van der Waals surface area contributed by atoms with Crippen LogP contribution in [-0.2, 0) is 18.2 Å². The van der Waals surface area contributed by atoms with Crippen LogP contribution < -0.4 is 0 Å². The van der Waals surface area contributed by atoms with E-state index >= 15 is 0 Å². The van der Waals surface area contributed by atoms with Crippen molar-refractivity contribution in [1.82, 2.24) is 34.5 Å². The van der Waals surface area contributed by atoms with E-state index in [9.17, 15) is 0 Å². The van der Waals surface area contributed by atoms with Gasteiger partial charge in [0.25, 0.3) is 0 Å². The minimum Gasteiger partial charge on any atom is -0.381 e. The van der Waals surface area contributed by atoms with Crippen LogP contribution in [0.5, 0.6) is 0 Å². The predicted octanol–water partition coefficient (Wildman–Crippen LogP) is 2.67. The Morgan fingerprint density at radius 1 is 1.18 bits per heavy atom. The van der Waals surface area contributed by atoms with Gasteiger partial charge in [-0.25, -0.2) is 9.97 Å². The van der Waals surface area contributed by atoms with Crippen LogP contribution in [0.3, 0.4) is 0 Å². The van der Waals surface area contributed by atoms with Gasteiger partial charge in [-0.05, 0) is 37.5 Å². The second-order valence-corrected chi connectivity index (χ2v) is 7.35. The molecule has 0 bridgehead atoms. The predicted molar refractivity (Wildman–Crippen MR) is 105 cm³/mol. The first-order valence-electron chi connectivity index (χ1n) is 9.64. The summed E-state index contributed by atoms with van der Waals surface area (Å²) in [4.78, 5) is 12.7. The van der Waals surface area contributed by atoms with Crippen molar-refractivity contribution in [2.75, 3.05) is 13.2 Å². The summed E-state index contributed by atoms with van der Waals surface area (Å²) in [5.41, 5.74) is 3.20. The van der Waals surface area contributed by atoms with E-state index in [1.165, 1.54) is 5.56 Å². The average molecular weight is 377 g/mol. The number of aromatic nitrogens is 7. The molecule has 4 heterocycles. The third-order valence-corrected chi connectivity index (χ3v) is 5.32. The van der Waals surface area contributed by atoms with Crippen LogP contribution in [-0.4, -0.2) is 47.7 Å². The molecule has 0 unspecified atom stereocenters. The SMILES string of the molecule is Cc1nc2ccc(Cc3nc(C4CCOCC4)nn3-c3ccnn3C)cc2[nH]1. The maximum atomic E-state index is 5.50. The van der Waals surface area contributed by atoms with Crippen LogP contribution in [0.2, 0.25) is 0 Å². The number of ether oxygens (including phenoxy) is 1. The van der Waals surface area contributed by atoms with E-state index in [1.54, 1.807) is 6.20 Å². The van der Waals surface area contributed by atoms with Gasteiger partial charge in [0.1, 0.15) is 11.6 Å². The Balaban J connectivity index is 1.54. The highest BCUT2D eigenvalue weighted by molar-refractivity contribution is 5.75. The number of benzene rings is 1. The fourth-order valence-electron chi connectivity index (χ4n) is 3.84. The highest BCUT2D eigenvalue weighted by Crippen LogP contribution is 2.26. The van der Waals surface area contributed by atoms with Crippen molar-refractivity contribution < 1.29 is 4.74 Å². The highest BCUT2D eigenvalue weighted by atomic mass is 16.5. The second-order valence-electron chi connectivity index (χ2n) is 7.35. The topological polar surface area (TPSA) is 86.4 Å². The number of nitrogens with one attached hydrogen (secondary N) is 1. The Morgan fingerprint density at radius 2 is 2.04 bits per heavy atom. The summed E-state index contributed by atoms with van der Waals surface area (Å²) in [5.74, 6) is 4.00. The maximum Gasteiger partial charge on any atom is 0.154 e. The molecule has 8 heteroatoms. The van der Waals surface area contributed by atoms with Gasteiger partial charge < -0.3 is 9.72 Å². The summed E-state index contributed by atoms with van der Waals surface area (Å²) in [5, 5.41) is 9.17. The van der Waals surface area contributed by atoms with Crippen molar-refractivity contribution in [3.63, 3.8) is 0 Å². The molecular weight excluding hydrogens is 354 g/mol. The van der Waals surface area contributed by atoms with E-state index in [4.69, 9.17) is 14.8 Å². The minimum absolute atomic E-state index is 0.347. The number of nitrogens with zero attached hydrogens (tertiary/aromatic N) is 6. The Labute approximate surface area is 162 Å². The number of aryl methyl sites for hydroxylation is 2. The third kappa shape index (κ3) is 3.09. The van der Waals surface area contributed by atoms with Crippen LogP contribution in [0.4, 0.5) is 0 Å². The average Bonchev–Trinajstić information content (AvgIpc) is 3.40. The largest absolute Gasteiger partial charge is 0.381 e. The number of fused-ring (bicyclic) bond motifs is 1. The Bertz CT molecular complexity index is 1120. The zero-order valence-corrected chi connectivity index (χ0v) is 16.1. The van der Waals surface area contributed by atoms with Crippen LogP contribution >= 0.6 is 0 Å². The highest BCUT2D eigenvalue weighted by Gasteiger charge is 2.23. The van der Waals surface area contributed by atoms with Crippen LogP contribution in [0.1, 0.15) is 41.8 Å². The molecule has 28 heavy (non-hydrogen) atoms. The molecule has 8 nitrogen and oxygen atoms in total. The van der Waals surface area contributed by atoms with Gasteiger partial charge in [0, 0.05) is 38.7 Å². The van der Waals surface area contributed by atoms with Crippen LogP contribution in [0.15, 0.2) is 30.5 Å². The summed E-state index contributed by atoms with van der Waals surface area (Å²) >= 11 is 0. The summed E-state index contributed by atoms with van der Waals surface area (Å²) in [6, 6.07) is 8.27. The molecule has 0 atom stereocenters. The lowest BCUT2D eigenvalue weighted by Crippen LogP contribution is -2.15. The molecule has 3 aromatic heterocycles. The summed E-state index contributed by atoms with van der Waals surface area (Å²) in [7, 11) is 1.92. The van der Waals surface area contributed by atoms with E-state index in [-0.39, 0.29) is 0 Å². The molecule has 1 aliphatic heterocycles. The molecule has 0 saturated carbocycles. The van der Waals surface area contributed by atoms with Crippen LogP contribution in [0.25, 0.3) is 16.9 Å². The number of hydrogen-bond donors (Lipinski definition) is 1. The quantitative estimate of drug-likeness (QED) is 0.591. The Kier molecular flexibility index (Phi) is 4.20. The molecule has 1 aliphatic rings. The molecule has 4 aromatic rings. The van der Waals surface area contributed by atoms with Crippen molar-refractivity contribution in [3.05, 3.63) is 53.5 Å². The van der Waals surface area contributed by atoms with E-state index < -0.39 is 0 Å². The molecule has 1 N–H and O–H groups in total. The number of H-pyrrole nitrogens is 1. The fraction of sp³-hybridized carbons (Fsp3) is 0.400. The number of hydrogen-bond acceptors (Lipinski definition) is 5. The molecule has 1 aromatic carbocycles. The zero-order valence-electron chi connectivity index (χ0n) is 16.1. The number of imidazole rings is 1. The third-order valence-electron chi connectivity index (χ3n) is 5.32. The number of rotatable bonds is 4. The summed E-state index contributed by atoms with van der Waals surface area (Å²) in [6.07, 6.45) is 4.41. The summed E-state index contributed by atoms with van der Waals surface area (Å²) < 4.78 is 9.26. The lowest BCUT2D eigenvalue weighted by molar-refractivity contribution is 0.0836. The van der Waals surface area contributed by atoms with Gasteiger partial charge >= 0.3 is 0 Å². The molecule has 0 spiro atoms. The molecule has 1 fully saturated rings. The smallest absolute Gasteiger partial charge is 0.154 e. The second kappa shape index (κ2) is 6.87. The van der Waals surface area contributed by atoms with Gasteiger partial charge in [-0.1, -0.05) is 6.07 Å². The van der Waals surface area contributed by atoms with E-state index in [0.29, 0.717) is 12.3 Å². The van der Waals surface area contributed by atoms with E-state index in [1.807, 2.05) is 29.4 Å². The first-order chi connectivity index (χ1) is 13.7. The fourth-order valence-corrected chi connectivity index (χ4v) is 3.84. The van der Waals surface area contributed by atoms with Gasteiger partial charge in [-0.2, -0.15) is 9.78 Å². The van der Waals surface area contributed by atoms with Gasteiger partial charge in [-0.3, -0.25) is 4.68 Å². The van der Waals surface area contributed by atoms with Crippen molar-refractivity contribution in [3.8, 4) is 5.82 Å².